The molecule has 2 aromatic carbocycles. The van der Waals surface area contributed by atoms with Crippen molar-refractivity contribution in [1.29, 1.82) is 0 Å². The van der Waals surface area contributed by atoms with Crippen molar-refractivity contribution in [3.63, 3.8) is 0 Å². The highest BCUT2D eigenvalue weighted by molar-refractivity contribution is 5.85. The van der Waals surface area contributed by atoms with E-state index >= 15 is 0 Å². The third-order valence-electron chi connectivity index (χ3n) is 7.47. The van der Waals surface area contributed by atoms with Crippen LogP contribution in [-0.2, 0) is 13.1 Å². The number of aryl methyl sites for hydroxylation is 1. The molecule has 0 bridgehead atoms. The Kier molecular flexibility index (Phi) is 9.82. The number of likely N-dealkylation sites (tertiary alicyclic amines) is 1. The maximum Gasteiger partial charge on any atom is 0.119 e. The van der Waals surface area contributed by atoms with Crippen LogP contribution in [0.25, 0.3) is 10.9 Å². The molecule has 1 atom stereocenters. The number of aliphatic hydroxyl groups excluding tert-OH is 2. The number of hydrogen-bond donors (Lipinski definition) is 2. The Labute approximate surface area is 216 Å². The van der Waals surface area contributed by atoms with Crippen LogP contribution < -0.4 is 4.74 Å². The summed E-state index contributed by atoms with van der Waals surface area (Å²) in [7, 11) is 0. The van der Waals surface area contributed by atoms with E-state index in [0.29, 0.717) is 32.7 Å². The summed E-state index contributed by atoms with van der Waals surface area (Å²) in [6.45, 7) is 11.0. The smallest absolute Gasteiger partial charge is 0.119 e. The number of nitrogens with zero attached hydrogens (tertiary/aromatic N) is 3. The summed E-state index contributed by atoms with van der Waals surface area (Å²) in [5.74, 6) is 0.900. The van der Waals surface area contributed by atoms with Gasteiger partial charge in [-0.2, -0.15) is 0 Å². The van der Waals surface area contributed by atoms with Gasteiger partial charge in [-0.1, -0.05) is 36.8 Å². The maximum absolute atomic E-state index is 11.1. The van der Waals surface area contributed by atoms with Crippen LogP contribution in [0, 0.1) is 13.8 Å². The number of rotatable bonds is 13. The summed E-state index contributed by atoms with van der Waals surface area (Å²) in [5, 5.41) is 21.8. The largest absolute Gasteiger partial charge is 0.492 e. The lowest BCUT2D eigenvalue weighted by molar-refractivity contribution is 0.0908. The number of piperidine rings is 1. The van der Waals surface area contributed by atoms with Gasteiger partial charge in [-0.15, -0.1) is 0 Å². The van der Waals surface area contributed by atoms with E-state index in [4.69, 9.17) is 4.74 Å². The molecule has 36 heavy (non-hydrogen) atoms. The van der Waals surface area contributed by atoms with Gasteiger partial charge < -0.3 is 19.5 Å². The zero-order chi connectivity index (χ0) is 25.3. The zero-order valence-corrected chi connectivity index (χ0v) is 22.0. The topological polar surface area (TPSA) is 61.1 Å². The Morgan fingerprint density at radius 1 is 1.03 bits per heavy atom. The standard InChI is InChI=1S/C30H43N3O3/c1-24-25(2)33(30-13-5-4-12-29(24)30)23-27(35)22-32(16-9-18-34)21-26-10-8-11-28(20-26)36-19-17-31-14-6-3-7-15-31/h4-5,8,10-13,20,27,34-35H,3,6-7,9,14-19,21-23H2,1-2H3/t27-/m0/s1. The highest BCUT2D eigenvalue weighted by atomic mass is 16.5. The number of aliphatic hydroxyl groups is 2. The first-order valence-corrected chi connectivity index (χ1v) is 13.5. The molecule has 0 aliphatic carbocycles. The Morgan fingerprint density at radius 3 is 2.64 bits per heavy atom. The van der Waals surface area contributed by atoms with E-state index in [2.05, 4.69) is 64.6 Å². The number of ether oxygens (including phenoxy) is 1. The summed E-state index contributed by atoms with van der Waals surface area (Å²) in [4.78, 5) is 4.73. The van der Waals surface area contributed by atoms with Crippen molar-refractivity contribution in [3.05, 3.63) is 65.4 Å². The van der Waals surface area contributed by atoms with Gasteiger partial charge in [0, 0.05) is 49.4 Å². The van der Waals surface area contributed by atoms with E-state index in [0.717, 1.165) is 24.4 Å². The first-order valence-electron chi connectivity index (χ1n) is 13.5. The van der Waals surface area contributed by atoms with Crippen molar-refractivity contribution < 1.29 is 14.9 Å². The normalized spacial score (nSPS) is 15.6. The van der Waals surface area contributed by atoms with Gasteiger partial charge in [0.25, 0.3) is 0 Å². The van der Waals surface area contributed by atoms with Gasteiger partial charge in [0.1, 0.15) is 12.4 Å². The first-order chi connectivity index (χ1) is 17.5. The number of benzene rings is 2. The summed E-state index contributed by atoms with van der Waals surface area (Å²) >= 11 is 0. The molecule has 1 fully saturated rings. The Bertz CT molecular complexity index is 1090. The molecule has 6 heteroatoms. The third kappa shape index (κ3) is 7.10. The van der Waals surface area contributed by atoms with Crippen molar-refractivity contribution in [1.82, 2.24) is 14.4 Å². The fraction of sp³-hybridized carbons (Fsp3) is 0.533. The fourth-order valence-electron chi connectivity index (χ4n) is 5.40. The summed E-state index contributed by atoms with van der Waals surface area (Å²) in [5.41, 5.74) is 4.80. The maximum atomic E-state index is 11.1. The minimum Gasteiger partial charge on any atom is -0.492 e. The first kappa shape index (κ1) is 26.7. The molecule has 1 saturated heterocycles. The highest BCUT2D eigenvalue weighted by Gasteiger charge is 2.17. The molecular formula is C30H43N3O3. The molecule has 0 saturated carbocycles. The average Bonchev–Trinajstić information content (AvgIpc) is 3.13. The molecule has 2 heterocycles. The van der Waals surface area contributed by atoms with Crippen LogP contribution >= 0.6 is 0 Å². The van der Waals surface area contributed by atoms with Crippen molar-refractivity contribution in [2.24, 2.45) is 0 Å². The summed E-state index contributed by atoms with van der Waals surface area (Å²) in [6, 6.07) is 16.7. The SMILES string of the molecule is Cc1c(C)n(C[C@@H](O)CN(CCCO)Cc2cccc(OCCN3CCCCC3)c2)c2ccccc12. The zero-order valence-electron chi connectivity index (χ0n) is 22.0. The average molecular weight is 494 g/mol. The Morgan fingerprint density at radius 2 is 1.83 bits per heavy atom. The number of para-hydroxylation sites is 1. The van der Waals surface area contributed by atoms with Crippen LogP contribution in [0.15, 0.2) is 48.5 Å². The number of hydrogen-bond acceptors (Lipinski definition) is 5. The van der Waals surface area contributed by atoms with Crippen molar-refractivity contribution in [2.45, 2.75) is 58.7 Å². The molecule has 0 spiro atoms. The van der Waals surface area contributed by atoms with Crippen molar-refractivity contribution >= 4 is 10.9 Å². The van der Waals surface area contributed by atoms with E-state index in [-0.39, 0.29) is 6.61 Å². The van der Waals surface area contributed by atoms with Gasteiger partial charge in [0.15, 0.2) is 0 Å². The highest BCUT2D eigenvalue weighted by Crippen LogP contribution is 2.25. The molecular weight excluding hydrogens is 450 g/mol. The van der Waals surface area contributed by atoms with Gasteiger partial charge in [-0.3, -0.25) is 9.80 Å². The van der Waals surface area contributed by atoms with Gasteiger partial charge in [-0.05, 0) is 75.5 Å². The molecule has 1 aromatic heterocycles. The number of fused-ring (bicyclic) bond motifs is 1. The lowest BCUT2D eigenvalue weighted by atomic mass is 10.1. The van der Waals surface area contributed by atoms with E-state index < -0.39 is 6.10 Å². The Hall–Kier alpha value is -2.38. The van der Waals surface area contributed by atoms with E-state index in [1.165, 1.54) is 54.5 Å². The molecule has 0 unspecified atom stereocenters. The lowest BCUT2D eigenvalue weighted by Gasteiger charge is -2.26. The lowest BCUT2D eigenvalue weighted by Crippen LogP contribution is -2.35. The van der Waals surface area contributed by atoms with Crippen molar-refractivity contribution in [2.75, 3.05) is 45.9 Å². The van der Waals surface area contributed by atoms with Gasteiger partial charge in [0.2, 0.25) is 0 Å². The molecule has 6 nitrogen and oxygen atoms in total. The summed E-state index contributed by atoms with van der Waals surface area (Å²) in [6.07, 6.45) is 4.11. The van der Waals surface area contributed by atoms with Crippen LogP contribution in [0.4, 0.5) is 0 Å². The van der Waals surface area contributed by atoms with E-state index in [9.17, 15) is 10.2 Å². The quantitative estimate of drug-likeness (QED) is 0.370. The predicted molar refractivity (Wildman–Crippen MR) is 147 cm³/mol. The number of aromatic nitrogens is 1. The monoisotopic (exact) mass is 493 g/mol. The molecule has 2 N–H and O–H groups in total. The molecule has 196 valence electrons. The van der Waals surface area contributed by atoms with Gasteiger partial charge in [-0.25, -0.2) is 0 Å². The third-order valence-corrected chi connectivity index (χ3v) is 7.47. The molecule has 0 radical (unpaired) electrons. The van der Waals surface area contributed by atoms with Crippen molar-refractivity contribution in [3.8, 4) is 5.75 Å². The van der Waals surface area contributed by atoms with Crippen LogP contribution in [0.5, 0.6) is 5.75 Å². The minimum atomic E-state index is -0.512. The second kappa shape index (κ2) is 13.2. The van der Waals surface area contributed by atoms with Crippen LogP contribution in [0.3, 0.4) is 0 Å². The van der Waals surface area contributed by atoms with E-state index in [1.807, 2.05) is 12.1 Å². The minimum absolute atomic E-state index is 0.146. The molecule has 3 aromatic rings. The fourth-order valence-corrected chi connectivity index (χ4v) is 5.40. The second-order valence-corrected chi connectivity index (χ2v) is 10.2. The van der Waals surface area contributed by atoms with Crippen LogP contribution in [0.2, 0.25) is 0 Å². The van der Waals surface area contributed by atoms with Crippen LogP contribution in [-0.4, -0.2) is 76.6 Å². The molecule has 1 aliphatic rings. The molecule has 0 amide bonds. The van der Waals surface area contributed by atoms with Crippen LogP contribution in [0.1, 0.15) is 42.5 Å². The Balaban J connectivity index is 1.36. The second-order valence-electron chi connectivity index (χ2n) is 10.2. The summed E-state index contributed by atoms with van der Waals surface area (Å²) < 4.78 is 8.31. The van der Waals surface area contributed by atoms with E-state index in [1.54, 1.807) is 0 Å². The molecule has 4 rings (SSSR count). The molecule has 1 aliphatic heterocycles. The predicted octanol–water partition coefficient (Wildman–Crippen LogP) is 4.37. The van der Waals surface area contributed by atoms with Gasteiger partial charge >= 0.3 is 0 Å². The van der Waals surface area contributed by atoms with Gasteiger partial charge in [0.05, 0.1) is 12.6 Å².